The lowest BCUT2D eigenvalue weighted by molar-refractivity contribution is 0.0502. The molecule has 0 spiro atoms. The lowest BCUT2D eigenvalue weighted by atomic mass is 10.1. The first kappa shape index (κ1) is 21.5. The van der Waals surface area contributed by atoms with E-state index in [2.05, 4.69) is 15.4 Å². The Morgan fingerprint density at radius 1 is 1.32 bits per heavy atom. The average molecular weight is 412 g/mol. The third-order valence-corrected chi connectivity index (χ3v) is 4.10. The molecule has 1 fully saturated rings. The van der Waals surface area contributed by atoms with Crippen molar-refractivity contribution in [3.8, 4) is 18.1 Å². The molecule has 0 saturated carbocycles. The molecule has 0 radical (unpaired) electrons. The highest BCUT2D eigenvalue weighted by molar-refractivity contribution is 7.81. The summed E-state index contributed by atoms with van der Waals surface area (Å²) in [7, 11) is -5.26. The second-order valence-corrected chi connectivity index (χ2v) is 8.20. The van der Waals surface area contributed by atoms with E-state index in [-0.39, 0.29) is 23.7 Å². The summed E-state index contributed by atoms with van der Waals surface area (Å²) in [6.45, 7) is 5.82. The normalized spacial score (nSPS) is 17.0. The Morgan fingerprint density at radius 3 is 2.57 bits per heavy atom. The van der Waals surface area contributed by atoms with Gasteiger partial charge < -0.3 is 19.1 Å². The van der Waals surface area contributed by atoms with Crippen LogP contribution in [-0.2, 0) is 15.2 Å². The molecule has 0 bridgehead atoms. The number of terminal acetylenes is 1. The van der Waals surface area contributed by atoms with Crippen LogP contribution in [-0.4, -0.2) is 50.1 Å². The van der Waals surface area contributed by atoms with Gasteiger partial charge in [0.05, 0.1) is 6.04 Å². The molecule has 1 aromatic carbocycles. The number of nitrogens with one attached hydrogen (secondary N) is 1. The maximum Gasteiger partial charge on any atom is 0.488 e. The fraction of sp³-hybridized carbons (Fsp3) is 0.444. The summed E-state index contributed by atoms with van der Waals surface area (Å²) in [5.41, 5.74) is -0.430. The topological polar surface area (TPSA) is 102 Å². The highest BCUT2D eigenvalue weighted by Crippen LogP contribution is 2.22. The monoisotopic (exact) mass is 412 g/mol. The minimum atomic E-state index is -5.26. The van der Waals surface area contributed by atoms with Crippen LogP contribution in [0, 0.1) is 12.3 Å². The zero-order valence-corrected chi connectivity index (χ0v) is 16.5. The standard InChI is InChI=1S/C18H21FN2O6S/c1-5-12-8-13(10-15(9-12)27-28(19,24)25)16(22)21-7-6-14(11-21)20-17(23)26-18(2,3)4/h1,8-10,14H,6-7,11H2,2-4H3,(H,20,23)/t14-/m0/s1. The van der Waals surface area contributed by atoms with Gasteiger partial charge in [0.2, 0.25) is 0 Å². The van der Waals surface area contributed by atoms with Crippen molar-refractivity contribution in [3.05, 3.63) is 29.3 Å². The van der Waals surface area contributed by atoms with E-state index in [4.69, 9.17) is 11.2 Å². The molecule has 10 heteroatoms. The van der Waals surface area contributed by atoms with Crippen molar-refractivity contribution in [2.45, 2.75) is 38.8 Å². The fourth-order valence-electron chi connectivity index (χ4n) is 2.69. The molecule has 1 aliphatic heterocycles. The van der Waals surface area contributed by atoms with Crippen LogP contribution in [0.1, 0.15) is 43.1 Å². The smallest absolute Gasteiger partial charge is 0.444 e. The first-order chi connectivity index (χ1) is 12.9. The molecule has 1 N–H and O–H groups in total. The number of carbonyl (C=O) groups excluding carboxylic acids is 2. The van der Waals surface area contributed by atoms with Gasteiger partial charge in [-0.25, -0.2) is 4.79 Å². The number of benzene rings is 1. The Hall–Kier alpha value is -2.80. The first-order valence-corrected chi connectivity index (χ1v) is 9.72. The molecule has 0 aliphatic carbocycles. The fourth-order valence-corrected chi connectivity index (χ4v) is 3.01. The Labute approximate surface area is 163 Å². The van der Waals surface area contributed by atoms with E-state index in [1.807, 2.05) is 0 Å². The molecule has 1 atom stereocenters. The Bertz CT molecular complexity index is 917. The third kappa shape index (κ3) is 6.42. The van der Waals surface area contributed by atoms with E-state index < -0.39 is 33.9 Å². The maximum atomic E-state index is 12.8. The molecule has 1 aromatic rings. The van der Waals surface area contributed by atoms with Crippen LogP contribution in [0.2, 0.25) is 0 Å². The summed E-state index contributed by atoms with van der Waals surface area (Å²) >= 11 is 0. The van der Waals surface area contributed by atoms with Crippen molar-refractivity contribution in [2.75, 3.05) is 13.1 Å². The van der Waals surface area contributed by atoms with E-state index in [0.29, 0.717) is 13.0 Å². The summed E-state index contributed by atoms with van der Waals surface area (Å²) < 4.78 is 43.5. The zero-order chi connectivity index (χ0) is 21.1. The second-order valence-electron chi connectivity index (χ2n) is 7.25. The van der Waals surface area contributed by atoms with E-state index in [1.54, 1.807) is 20.8 Å². The van der Waals surface area contributed by atoms with Crippen LogP contribution in [0.5, 0.6) is 5.75 Å². The molecule has 28 heavy (non-hydrogen) atoms. The van der Waals surface area contributed by atoms with E-state index >= 15 is 0 Å². The van der Waals surface area contributed by atoms with E-state index in [1.165, 1.54) is 11.0 Å². The largest absolute Gasteiger partial charge is 0.488 e. The van der Waals surface area contributed by atoms with Gasteiger partial charge in [0.15, 0.2) is 0 Å². The predicted octanol–water partition coefficient (Wildman–Crippen LogP) is 2.00. The number of likely N-dealkylation sites (tertiary alicyclic amines) is 1. The van der Waals surface area contributed by atoms with Crippen molar-refractivity contribution in [1.82, 2.24) is 10.2 Å². The number of nitrogens with zero attached hydrogens (tertiary/aromatic N) is 1. The highest BCUT2D eigenvalue weighted by Gasteiger charge is 2.30. The molecule has 2 rings (SSSR count). The number of alkyl carbamates (subject to hydrolysis) is 1. The lowest BCUT2D eigenvalue weighted by Crippen LogP contribution is -2.41. The molecule has 0 unspecified atom stereocenters. The summed E-state index contributed by atoms with van der Waals surface area (Å²) in [6.07, 6.45) is 5.23. The molecular formula is C18H21FN2O6S. The number of hydrogen-bond donors (Lipinski definition) is 1. The van der Waals surface area contributed by atoms with Crippen molar-refractivity contribution in [3.63, 3.8) is 0 Å². The zero-order valence-electron chi connectivity index (χ0n) is 15.7. The van der Waals surface area contributed by atoms with Gasteiger partial charge in [-0.15, -0.1) is 6.42 Å². The van der Waals surface area contributed by atoms with Crippen LogP contribution >= 0.6 is 0 Å². The number of ether oxygens (including phenoxy) is 1. The number of carbonyl (C=O) groups is 2. The summed E-state index contributed by atoms with van der Waals surface area (Å²) in [5.74, 6) is 1.40. The van der Waals surface area contributed by atoms with Crippen LogP contribution in [0.15, 0.2) is 18.2 Å². The van der Waals surface area contributed by atoms with Crippen molar-refractivity contribution >= 4 is 22.5 Å². The third-order valence-electron chi connectivity index (χ3n) is 3.71. The highest BCUT2D eigenvalue weighted by atomic mass is 32.3. The number of halogens is 1. The van der Waals surface area contributed by atoms with E-state index in [9.17, 15) is 21.9 Å². The Kier molecular flexibility index (Phi) is 6.19. The summed E-state index contributed by atoms with van der Waals surface area (Å²) in [5, 5.41) is 2.70. The minimum absolute atomic E-state index is 0.0482. The molecule has 8 nitrogen and oxygen atoms in total. The second kappa shape index (κ2) is 8.06. The van der Waals surface area contributed by atoms with Crippen LogP contribution in [0.3, 0.4) is 0 Å². The SMILES string of the molecule is C#Cc1cc(OS(=O)(=O)F)cc(C(=O)N2CC[C@H](NC(=O)OC(C)(C)C)C2)c1. The van der Waals surface area contributed by atoms with Gasteiger partial charge >= 0.3 is 16.6 Å². The molecule has 1 aliphatic rings. The van der Waals surface area contributed by atoms with Crippen LogP contribution in [0.25, 0.3) is 0 Å². The van der Waals surface area contributed by atoms with Gasteiger partial charge in [-0.3, -0.25) is 4.79 Å². The average Bonchev–Trinajstić information content (AvgIpc) is 2.98. The molecular weight excluding hydrogens is 391 g/mol. The molecule has 152 valence electrons. The molecule has 1 saturated heterocycles. The molecule has 0 aromatic heterocycles. The number of amides is 2. The first-order valence-electron chi connectivity index (χ1n) is 8.41. The quantitative estimate of drug-likeness (QED) is 0.600. The molecule has 2 amide bonds. The van der Waals surface area contributed by atoms with Crippen molar-refractivity contribution in [1.29, 1.82) is 0 Å². The summed E-state index contributed by atoms with van der Waals surface area (Å²) in [6, 6.07) is 3.30. The van der Waals surface area contributed by atoms with Crippen molar-refractivity contribution < 1.29 is 30.8 Å². The minimum Gasteiger partial charge on any atom is -0.444 e. The van der Waals surface area contributed by atoms with Crippen LogP contribution in [0.4, 0.5) is 8.68 Å². The van der Waals surface area contributed by atoms with Gasteiger partial charge in [-0.2, -0.15) is 8.42 Å². The maximum absolute atomic E-state index is 12.8. The van der Waals surface area contributed by atoms with Gasteiger partial charge in [0, 0.05) is 24.2 Å². The molecule has 1 heterocycles. The van der Waals surface area contributed by atoms with Gasteiger partial charge in [-0.1, -0.05) is 9.81 Å². The van der Waals surface area contributed by atoms with E-state index in [0.717, 1.165) is 12.1 Å². The van der Waals surface area contributed by atoms with Crippen LogP contribution < -0.4 is 9.50 Å². The number of hydrogen-bond acceptors (Lipinski definition) is 6. The summed E-state index contributed by atoms with van der Waals surface area (Å²) in [4.78, 5) is 26.0. The van der Waals surface area contributed by atoms with Crippen molar-refractivity contribution in [2.24, 2.45) is 0 Å². The Balaban J connectivity index is 2.09. The Morgan fingerprint density at radius 2 is 2.00 bits per heavy atom. The number of rotatable bonds is 4. The van der Waals surface area contributed by atoms with Gasteiger partial charge in [0.1, 0.15) is 11.4 Å². The lowest BCUT2D eigenvalue weighted by Gasteiger charge is -2.22. The van der Waals surface area contributed by atoms with Gasteiger partial charge in [-0.05, 0) is 45.4 Å². The van der Waals surface area contributed by atoms with Gasteiger partial charge in [0.25, 0.3) is 5.91 Å². The predicted molar refractivity (Wildman–Crippen MR) is 98.7 cm³/mol.